The molecule has 164 valence electrons. The number of H-pyrrole nitrogens is 2. The van der Waals surface area contributed by atoms with E-state index in [9.17, 15) is 14.4 Å². The highest BCUT2D eigenvalue weighted by molar-refractivity contribution is 5.94. The molecule has 1 aromatic carbocycles. The van der Waals surface area contributed by atoms with E-state index >= 15 is 0 Å². The van der Waals surface area contributed by atoms with Crippen molar-refractivity contribution in [3.8, 4) is 0 Å². The van der Waals surface area contributed by atoms with Crippen LogP contribution in [0.4, 0.5) is 5.69 Å². The quantitative estimate of drug-likeness (QED) is 0.687. The zero-order valence-electron chi connectivity index (χ0n) is 17.4. The molecular formula is C21H30ClN5O3. The summed E-state index contributed by atoms with van der Waals surface area (Å²) < 4.78 is 0. The van der Waals surface area contributed by atoms with Crippen LogP contribution in [0.5, 0.6) is 0 Å². The fourth-order valence-corrected chi connectivity index (χ4v) is 3.55. The largest absolute Gasteiger partial charge is 0.336 e. The number of nitrogens with one attached hydrogen (secondary N) is 3. The number of fused-ring (bicyclic) bond motifs is 1. The molecule has 0 aliphatic carbocycles. The zero-order valence-corrected chi connectivity index (χ0v) is 18.3. The number of amides is 2. The number of carbonyl (C=O) groups is 2. The molecule has 2 heterocycles. The number of benzene rings is 1. The standard InChI is InChI=1S/C21H29N5O3.ClH/c1-15(2)12-19(27)26-10-5-9-25(20(28)17-14-23-21(29)24-17)11-8-22-13-16-6-3-4-7-18(16)26;/h3-4,6-7,14-15,22H,5,8-13H2,1-2H3,(H2,23,24,29);1H. The molecule has 0 saturated carbocycles. The number of aromatic nitrogens is 2. The molecule has 1 aromatic heterocycles. The molecule has 0 saturated heterocycles. The second-order valence-electron chi connectivity index (χ2n) is 7.75. The third-order valence-electron chi connectivity index (χ3n) is 4.96. The summed E-state index contributed by atoms with van der Waals surface area (Å²) in [4.78, 5) is 45.6. The molecule has 2 aromatic rings. The maximum absolute atomic E-state index is 12.9. The number of nitrogens with zero attached hydrogens (tertiary/aromatic N) is 2. The van der Waals surface area contributed by atoms with Gasteiger partial charge in [-0.25, -0.2) is 4.79 Å². The molecule has 1 aliphatic heterocycles. The minimum atomic E-state index is -0.398. The average molecular weight is 436 g/mol. The fraction of sp³-hybridized carbons (Fsp3) is 0.476. The second kappa shape index (κ2) is 11.0. The topological polar surface area (TPSA) is 101 Å². The summed E-state index contributed by atoms with van der Waals surface area (Å²) in [5, 5.41) is 3.37. The van der Waals surface area contributed by atoms with Crippen molar-refractivity contribution in [1.29, 1.82) is 0 Å². The fourth-order valence-electron chi connectivity index (χ4n) is 3.55. The highest BCUT2D eigenvalue weighted by Crippen LogP contribution is 2.23. The molecule has 30 heavy (non-hydrogen) atoms. The first-order valence-corrected chi connectivity index (χ1v) is 10.1. The molecule has 0 unspecified atom stereocenters. The molecular weight excluding hydrogens is 406 g/mol. The van der Waals surface area contributed by atoms with Gasteiger partial charge in [0, 0.05) is 51.0 Å². The van der Waals surface area contributed by atoms with Crippen molar-refractivity contribution in [3.05, 3.63) is 52.2 Å². The Labute approximate surface area is 182 Å². The summed E-state index contributed by atoms with van der Waals surface area (Å²) in [6.45, 7) is 6.87. The molecule has 0 bridgehead atoms. The van der Waals surface area contributed by atoms with Crippen molar-refractivity contribution in [2.45, 2.75) is 33.2 Å². The van der Waals surface area contributed by atoms with E-state index in [2.05, 4.69) is 15.3 Å². The summed E-state index contributed by atoms with van der Waals surface area (Å²) in [6, 6.07) is 7.94. The summed E-state index contributed by atoms with van der Waals surface area (Å²) >= 11 is 0. The second-order valence-corrected chi connectivity index (χ2v) is 7.75. The normalized spacial score (nSPS) is 15.2. The molecule has 2 amide bonds. The molecule has 3 rings (SSSR count). The number of aromatic amines is 2. The molecule has 9 heteroatoms. The minimum absolute atomic E-state index is 0. The number of halogens is 1. The predicted molar refractivity (Wildman–Crippen MR) is 119 cm³/mol. The van der Waals surface area contributed by atoms with Crippen molar-refractivity contribution in [2.75, 3.05) is 31.1 Å². The smallest absolute Gasteiger partial charge is 0.323 e. The first kappa shape index (κ1) is 23.7. The van der Waals surface area contributed by atoms with E-state index in [0.29, 0.717) is 45.6 Å². The maximum atomic E-state index is 12.9. The van der Waals surface area contributed by atoms with Gasteiger partial charge in [0.25, 0.3) is 5.91 Å². The third kappa shape index (κ3) is 5.96. The van der Waals surface area contributed by atoms with Crippen molar-refractivity contribution < 1.29 is 9.59 Å². The van der Waals surface area contributed by atoms with Crippen LogP contribution < -0.4 is 15.9 Å². The van der Waals surface area contributed by atoms with E-state index < -0.39 is 5.69 Å². The molecule has 3 N–H and O–H groups in total. The molecule has 0 fully saturated rings. The Hall–Kier alpha value is -2.58. The van der Waals surface area contributed by atoms with E-state index in [0.717, 1.165) is 11.3 Å². The lowest BCUT2D eigenvalue weighted by molar-refractivity contribution is -0.119. The number of hydrogen-bond donors (Lipinski definition) is 3. The molecule has 8 nitrogen and oxygen atoms in total. The molecule has 0 spiro atoms. The first-order chi connectivity index (χ1) is 14.0. The summed E-state index contributed by atoms with van der Waals surface area (Å²) in [6.07, 6.45) is 2.53. The Balaban J connectivity index is 0.00000320. The number of carbonyl (C=O) groups excluding carboxylic acids is 2. The Morgan fingerprint density at radius 3 is 2.60 bits per heavy atom. The van der Waals surface area contributed by atoms with Crippen LogP contribution in [0.25, 0.3) is 0 Å². The van der Waals surface area contributed by atoms with Crippen molar-refractivity contribution in [1.82, 2.24) is 20.2 Å². The summed E-state index contributed by atoms with van der Waals surface area (Å²) in [5.41, 5.74) is 1.85. The monoisotopic (exact) mass is 435 g/mol. The van der Waals surface area contributed by atoms with Crippen LogP contribution in [0.1, 0.15) is 42.7 Å². The zero-order chi connectivity index (χ0) is 20.8. The number of para-hydroxylation sites is 1. The van der Waals surface area contributed by atoms with Crippen LogP contribution in [0, 0.1) is 5.92 Å². The molecule has 1 aliphatic rings. The van der Waals surface area contributed by atoms with Crippen molar-refractivity contribution in [2.24, 2.45) is 5.92 Å². The number of imidazole rings is 1. The van der Waals surface area contributed by atoms with Gasteiger partial charge in [0.2, 0.25) is 5.91 Å². The van der Waals surface area contributed by atoms with E-state index in [1.807, 2.05) is 43.0 Å². The summed E-state index contributed by atoms with van der Waals surface area (Å²) in [5.74, 6) is 0.149. The van der Waals surface area contributed by atoms with Crippen LogP contribution in [0.2, 0.25) is 0 Å². The van der Waals surface area contributed by atoms with Gasteiger partial charge in [-0.1, -0.05) is 32.0 Å². The van der Waals surface area contributed by atoms with Crippen LogP contribution in [0.3, 0.4) is 0 Å². The van der Waals surface area contributed by atoms with Gasteiger partial charge in [-0.2, -0.15) is 0 Å². The Bertz CT molecular complexity index is 908. The molecule has 0 radical (unpaired) electrons. The number of anilines is 1. The van der Waals surface area contributed by atoms with Crippen LogP contribution >= 0.6 is 12.4 Å². The van der Waals surface area contributed by atoms with Gasteiger partial charge in [0.15, 0.2) is 0 Å². The summed E-state index contributed by atoms with van der Waals surface area (Å²) in [7, 11) is 0. The predicted octanol–water partition coefficient (Wildman–Crippen LogP) is 2.14. The lowest BCUT2D eigenvalue weighted by atomic mass is 10.1. The van der Waals surface area contributed by atoms with E-state index in [4.69, 9.17) is 0 Å². The highest BCUT2D eigenvalue weighted by Gasteiger charge is 2.22. The van der Waals surface area contributed by atoms with Gasteiger partial charge in [-0.15, -0.1) is 12.4 Å². The van der Waals surface area contributed by atoms with Crippen LogP contribution in [-0.2, 0) is 11.3 Å². The van der Waals surface area contributed by atoms with Crippen LogP contribution in [-0.4, -0.2) is 52.9 Å². The van der Waals surface area contributed by atoms with E-state index in [-0.39, 0.29) is 35.8 Å². The molecule has 0 atom stereocenters. The number of rotatable bonds is 3. The number of hydrogen-bond acceptors (Lipinski definition) is 4. The minimum Gasteiger partial charge on any atom is -0.336 e. The lowest BCUT2D eigenvalue weighted by Gasteiger charge is -2.27. The van der Waals surface area contributed by atoms with E-state index in [1.165, 1.54) is 6.20 Å². The lowest BCUT2D eigenvalue weighted by Crippen LogP contribution is -2.39. The maximum Gasteiger partial charge on any atom is 0.323 e. The Morgan fingerprint density at radius 1 is 1.13 bits per heavy atom. The van der Waals surface area contributed by atoms with Gasteiger partial charge in [-0.05, 0) is 24.0 Å². The van der Waals surface area contributed by atoms with Gasteiger partial charge in [0.1, 0.15) is 5.69 Å². The van der Waals surface area contributed by atoms with Gasteiger partial charge in [-0.3, -0.25) is 9.59 Å². The van der Waals surface area contributed by atoms with Gasteiger partial charge < -0.3 is 25.1 Å². The third-order valence-corrected chi connectivity index (χ3v) is 4.96. The Morgan fingerprint density at radius 2 is 1.90 bits per heavy atom. The Kier molecular flexibility index (Phi) is 8.68. The van der Waals surface area contributed by atoms with E-state index in [1.54, 1.807) is 4.90 Å². The van der Waals surface area contributed by atoms with Crippen molar-refractivity contribution in [3.63, 3.8) is 0 Å². The van der Waals surface area contributed by atoms with Gasteiger partial charge in [0.05, 0.1) is 0 Å². The van der Waals surface area contributed by atoms with Crippen LogP contribution in [0.15, 0.2) is 35.3 Å². The first-order valence-electron chi connectivity index (χ1n) is 10.1. The van der Waals surface area contributed by atoms with Gasteiger partial charge >= 0.3 is 5.69 Å². The SMILES string of the molecule is CC(C)CC(=O)N1CCCN(C(=O)c2c[nH]c(=O)[nH]2)CCNCc2ccccc21.Cl. The average Bonchev–Trinajstić information content (AvgIpc) is 3.10. The highest BCUT2D eigenvalue weighted by atomic mass is 35.5. The van der Waals surface area contributed by atoms with Crippen molar-refractivity contribution >= 4 is 29.9 Å².